The molecule has 0 unspecified atom stereocenters. The van der Waals surface area contributed by atoms with Crippen molar-refractivity contribution in [3.05, 3.63) is 35.6 Å². The minimum absolute atomic E-state index is 0.363. The highest BCUT2D eigenvalue weighted by molar-refractivity contribution is 6.30. The molecule has 0 saturated carbocycles. The predicted octanol–water partition coefficient (Wildman–Crippen LogP) is 1.50. The van der Waals surface area contributed by atoms with Gasteiger partial charge in [0.2, 0.25) is 5.95 Å². The molecule has 0 radical (unpaired) electrons. The predicted molar refractivity (Wildman–Crippen MR) is 50.8 cm³/mol. The summed E-state index contributed by atoms with van der Waals surface area (Å²) in [4.78, 5) is 0. The van der Waals surface area contributed by atoms with Gasteiger partial charge in [-0.05, 0) is 24.3 Å². The van der Waals surface area contributed by atoms with Crippen LogP contribution in [0.15, 0.2) is 30.6 Å². The lowest BCUT2D eigenvalue weighted by atomic mass is 10.3. The lowest BCUT2D eigenvalue weighted by Gasteiger charge is -2.01. The summed E-state index contributed by atoms with van der Waals surface area (Å²) in [6.45, 7) is 0. The molecule has 0 atom stereocenters. The smallest absolute Gasteiger partial charge is 0.226 e. The molecule has 0 fully saturated rings. The van der Waals surface area contributed by atoms with Crippen LogP contribution in [0.4, 0.5) is 5.95 Å². The third-order valence-electron chi connectivity index (χ3n) is 1.68. The number of rotatable bonds is 1. The first-order valence-electron chi connectivity index (χ1n) is 3.69. The highest BCUT2D eigenvalue weighted by atomic mass is 35.5. The lowest BCUT2D eigenvalue weighted by molar-refractivity contribution is 1.07. The molecule has 0 spiro atoms. The molecule has 66 valence electrons. The lowest BCUT2D eigenvalue weighted by Crippen LogP contribution is -1.98. The van der Waals surface area contributed by atoms with Crippen molar-refractivity contribution in [2.24, 2.45) is 0 Å². The second kappa shape index (κ2) is 3.06. The second-order valence-corrected chi connectivity index (χ2v) is 2.97. The number of hydrogen-bond donors (Lipinski definition) is 1. The van der Waals surface area contributed by atoms with Gasteiger partial charge in [-0.2, -0.15) is 0 Å². The van der Waals surface area contributed by atoms with Gasteiger partial charge in [-0.3, -0.25) is 4.57 Å². The van der Waals surface area contributed by atoms with Gasteiger partial charge in [0.15, 0.2) is 0 Å². The van der Waals surface area contributed by atoms with Crippen molar-refractivity contribution in [2.75, 3.05) is 5.73 Å². The van der Waals surface area contributed by atoms with Crippen LogP contribution in [0.3, 0.4) is 0 Å². The summed E-state index contributed by atoms with van der Waals surface area (Å²) in [5.41, 5.74) is 6.46. The molecule has 0 aliphatic rings. The van der Waals surface area contributed by atoms with Crippen molar-refractivity contribution in [3.8, 4) is 5.69 Å². The first kappa shape index (κ1) is 8.07. The van der Waals surface area contributed by atoms with E-state index in [4.69, 9.17) is 17.3 Å². The summed E-state index contributed by atoms with van der Waals surface area (Å²) in [7, 11) is 0. The largest absolute Gasteiger partial charge is 0.368 e. The van der Waals surface area contributed by atoms with Crippen molar-refractivity contribution in [3.63, 3.8) is 0 Å². The average Bonchev–Trinajstić information content (AvgIpc) is 2.53. The molecule has 0 aliphatic heterocycles. The van der Waals surface area contributed by atoms with Crippen LogP contribution in [0, 0.1) is 0 Å². The van der Waals surface area contributed by atoms with Gasteiger partial charge >= 0.3 is 0 Å². The number of benzene rings is 1. The number of aromatic nitrogens is 3. The Labute approximate surface area is 80.0 Å². The molecule has 2 rings (SSSR count). The first-order valence-corrected chi connectivity index (χ1v) is 4.06. The molecule has 4 nitrogen and oxygen atoms in total. The Balaban J connectivity index is 2.47. The van der Waals surface area contributed by atoms with Gasteiger partial charge in [-0.15, -0.1) is 10.2 Å². The SMILES string of the molecule is Nc1nncn1-c1ccc(Cl)cc1. The van der Waals surface area contributed by atoms with Crippen LogP contribution in [0.5, 0.6) is 0 Å². The van der Waals surface area contributed by atoms with Crippen LogP contribution in [-0.2, 0) is 0 Å². The van der Waals surface area contributed by atoms with Crippen molar-refractivity contribution in [2.45, 2.75) is 0 Å². The van der Waals surface area contributed by atoms with E-state index in [1.165, 1.54) is 0 Å². The van der Waals surface area contributed by atoms with E-state index in [1.54, 1.807) is 23.0 Å². The zero-order valence-corrected chi connectivity index (χ0v) is 7.44. The zero-order chi connectivity index (χ0) is 9.26. The molecule has 0 bridgehead atoms. The fourth-order valence-electron chi connectivity index (χ4n) is 1.04. The van der Waals surface area contributed by atoms with E-state index < -0.39 is 0 Å². The Morgan fingerprint density at radius 3 is 2.46 bits per heavy atom. The zero-order valence-electron chi connectivity index (χ0n) is 6.68. The summed E-state index contributed by atoms with van der Waals surface area (Å²) < 4.78 is 1.68. The molecule has 1 aromatic heterocycles. The van der Waals surface area contributed by atoms with Crippen LogP contribution >= 0.6 is 11.6 Å². The molecule has 13 heavy (non-hydrogen) atoms. The minimum atomic E-state index is 0.363. The van der Waals surface area contributed by atoms with Crippen LogP contribution < -0.4 is 5.73 Å². The minimum Gasteiger partial charge on any atom is -0.368 e. The second-order valence-electron chi connectivity index (χ2n) is 2.54. The fraction of sp³-hybridized carbons (Fsp3) is 0. The Bertz CT molecular complexity index is 406. The quantitative estimate of drug-likeness (QED) is 0.749. The molecular weight excluding hydrogens is 188 g/mol. The van der Waals surface area contributed by atoms with Crippen LogP contribution in [0.2, 0.25) is 5.02 Å². The van der Waals surface area contributed by atoms with Gasteiger partial charge in [0.05, 0.1) is 5.69 Å². The molecule has 5 heteroatoms. The Morgan fingerprint density at radius 1 is 1.23 bits per heavy atom. The van der Waals surface area contributed by atoms with E-state index in [0.29, 0.717) is 11.0 Å². The van der Waals surface area contributed by atoms with Gasteiger partial charge in [-0.25, -0.2) is 0 Å². The monoisotopic (exact) mass is 194 g/mol. The van der Waals surface area contributed by atoms with Gasteiger partial charge in [0, 0.05) is 5.02 Å². The summed E-state index contributed by atoms with van der Waals surface area (Å²) >= 11 is 5.74. The molecule has 1 heterocycles. The van der Waals surface area contributed by atoms with Crippen LogP contribution in [-0.4, -0.2) is 14.8 Å². The van der Waals surface area contributed by atoms with Gasteiger partial charge in [0.25, 0.3) is 0 Å². The average molecular weight is 195 g/mol. The summed E-state index contributed by atoms with van der Waals surface area (Å²) in [6, 6.07) is 7.27. The summed E-state index contributed by atoms with van der Waals surface area (Å²) in [6.07, 6.45) is 1.55. The van der Waals surface area contributed by atoms with Crippen LogP contribution in [0.25, 0.3) is 5.69 Å². The molecule has 1 aromatic carbocycles. The van der Waals surface area contributed by atoms with Crippen molar-refractivity contribution >= 4 is 17.5 Å². The van der Waals surface area contributed by atoms with Crippen molar-refractivity contribution in [1.29, 1.82) is 0 Å². The van der Waals surface area contributed by atoms with E-state index in [-0.39, 0.29) is 0 Å². The molecular formula is C8H7ClN4. The number of hydrogen-bond acceptors (Lipinski definition) is 3. The summed E-state index contributed by atoms with van der Waals surface area (Å²) in [5, 5.41) is 8.04. The fourth-order valence-corrected chi connectivity index (χ4v) is 1.17. The molecule has 0 amide bonds. The van der Waals surface area contributed by atoms with Crippen LogP contribution in [0.1, 0.15) is 0 Å². The number of nitrogens with zero attached hydrogens (tertiary/aromatic N) is 3. The molecule has 0 saturated heterocycles. The van der Waals surface area contributed by atoms with E-state index in [9.17, 15) is 0 Å². The molecule has 0 aliphatic carbocycles. The molecule has 2 aromatic rings. The van der Waals surface area contributed by atoms with E-state index >= 15 is 0 Å². The van der Waals surface area contributed by atoms with Crippen molar-refractivity contribution in [1.82, 2.24) is 14.8 Å². The van der Waals surface area contributed by atoms with E-state index in [1.807, 2.05) is 12.1 Å². The van der Waals surface area contributed by atoms with E-state index in [2.05, 4.69) is 10.2 Å². The Hall–Kier alpha value is -1.55. The Kier molecular flexibility index (Phi) is 1.90. The third kappa shape index (κ3) is 1.48. The maximum Gasteiger partial charge on any atom is 0.226 e. The maximum absolute atomic E-state index is 5.74. The number of halogens is 1. The number of anilines is 1. The normalized spacial score (nSPS) is 10.2. The number of nitrogen functional groups attached to an aromatic ring is 1. The highest BCUT2D eigenvalue weighted by Gasteiger charge is 2.00. The van der Waals surface area contributed by atoms with Gasteiger partial charge < -0.3 is 5.73 Å². The summed E-state index contributed by atoms with van der Waals surface area (Å²) in [5.74, 6) is 0.363. The first-order chi connectivity index (χ1) is 6.27. The van der Waals surface area contributed by atoms with Crippen molar-refractivity contribution < 1.29 is 0 Å². The van der Waals surface area contributed by atoms with Gasteiger partial charge in [0.1, 0.15) is 6.33 Å². The maximum atomic E-state index is 5.74. The Morgan fingerprint density at radius 2 is 1.92 bits per heavy atom. The highest BCUT2D eigenvalue weighted by Crippen LogP contribution is 2.14. The third-order valence-corrected chi connectivity index (χ3v) is 1.93. The van der Waals surface area contributed by atoms with E-state index in [0.717, 1.165) is 5.69 Å². The molecule has 2 N–H and O–H groups in total. The number of nitrogens with two attached hydrogens (primary N) is 1. The standard InChI is InChI=1S/C8H7ClN4/c9-6-1-3-7(4-2-6)13-5-11-12-8(13)10/h1-5H,(H2,10,12). The topological polar surface area (TPSA) is 56.7 Å². The van der Waals surface area contributed by atoms with Gasteiger partial charge in [-0.1, -0.05) is 11.6 Å².